The first kappa shape index (κ1) is 8.31. The van der Waals surface area contributed by atoms with E-state index < -0.39 is 0 Å². The van der Waals surface area contributed by atoms with Gasteiger partial charge in [-0.15, -0.1) is 0 Å². The van der Waals surface area contributed by atoms with Crippen LogP contribution in [0.3, 0.4) is 0 Å². The highest BCUT2D eigenvalue weighted by Gasteiger charge is 2.07. The first-order valence-electron chi connectivity index (χ1n) is 2.86. The minimum atomic E-state index is 0.308. The van der Waals surface area contributed by atoms with Crippen LogP contribution in [-0.2, 0) is 0 Å². The molecule has 0 radical (unpaired) electrons. The Morgan fingerprint density at radius 1 is 1.50 bits per heavy atom. The van der Waals surface area contributed by atoms with E-state index >= 15 is 0 Å². The Hall–Kier alpha value is 0.310. The lowest BCUT2D eigenvalue weighted by atomic mass is 10.1. The molecule has 1 nitrogen and oxygen atoms in total. The van der Waals surface area contributed by atoms with E-state index in [-0.39, 0.29) is 0 Å². The Labute approximate surface area is 55.5 Å². The van der Waals surface area contributed by atoms with Crippen molar-refractivity contribution in [1.82, 2.24) is 0 Å². The van der Waals surface area contributed by atoms with Gasteiger partial charge in [-0.3, -0.25) is 0 Å². The van der Waals surface area contributed by atoms with Gasteiger partial charge in [0, 0.05) is 11.9 Å². The summed E-state index contributed by atoms with van der Waals surface area (Å²) >= 11 is 1.80. The molecule has 0 aromatic heterocycles. The molecule has 2 atom stereocenters. The van der Waals surface area contributed by atoms with Crippen molar-refractivity contribution in [2.24, 2.45) is 5.92 Å². The van der Waals surface area contributed by atoms with Crippen LogP contribution < -0.4 is 0 Å². The summed E-state index contributed by atoms with van der Waals surface area (Å²) in [6, 6.07) is 0. The molecule has 8 heavy (non-hydrogen) atoms. The Balaban J connectivity index is 3.29. The van der Waals surface area contributed by atoms with Crippen molar-refractivity contribution >= 4 is 11.8 Å². The number of hydrogen-bond acceptors (Lipinski definition) is 2. The van der Waals surface area contributed by atoms with E-state index in [0.717, 1.165) is 0 Å². The second-order valence-electron chi connectivity index (χ2n) is 2.10. The molecular weight excluding hydrogens is 120 g/mol. The van der Waals surface area contributed by atoms with Crippen LogP contribution in [0.2, 0.25) is 0 Å². The van der Waals surface area contributed by atoms with Crippen molar-refractivity contribution in [2.75, 3.05) is 12.9 Å². The van der Waals surface area contributed by atoms with E-state index in [1.54, 1.807) is 11.8 Å². The molecular formula is C6H14OS. The molecule has 0 aliphatic rings. The highest BCUT2D eigenvalue weighted by Crippen LogP contribution is 2.14. The fraction of sp³-hybridized carbons (Fsp3) is 1.00. The molecule has 0 saturated heterocycles. The summed E-state index contributed by atoms with van der Waals surface area (Å²) in [7, 11) is 0. The standard InChI is InChI=1S/C6H14OS/c1-5(4-7)6(2)8-3/h5-7H,4H2,1-3H3/t5-,6+/m0/s1. The van der Waals surface area contributed by atoms with Gasteiger partial charge in [0.2, 0.25) is 0 Å². The Bertz CT molecular complexity index is 48.5. The zero-order valence-electron chi connectivity index (χ0n) is 5.72. The van der Waals surface area contributed by atoms with Gasteiger partial charge < -0.3 is 5.11 Å². The van der Waals surface area contributed by atoms with E-state index in [1.807, 2.05) is 0 Å². The predicted molar refractivity (Wildman–Crippen MR) is 39.2 cm³/mol. The van der Waals surface area contributed by atoms with Crippen LogP contribution in [0, 0.1) is 5.92 Å². The molecule has 0 unspecified atom stereocenters. The van der Waals surface area contributed by atoms with Crippen LogP contribution >= 0.6 is 11.8 Å². The average Bonchev–Trinajstić information content (AvgIpc) is 1.84. The van der Waals surface area contributed by atoms with Crippen LogP contribution in [0.25, 0.3) is 0 Å². The molecule has 0 bridgehead atoms. The first-order chi connectivity index (χ1) is 3.72. The molecule has 0 rings (SSSR count). The van der Waals surface area contributed by atoms with Crippen molar-refractivity contribution in [3.8, 4) is 0 Å². The van der Waals surface area contributed by atoms with Gasteiger partial charge in [0.05, 0.1) is 0 Å². The highest BCUT2D eigenvalue weighted by atomic mass is 32.2. The normalized spacial score (nSPS) is 18.0. The second-order valence-corrected chi connectivity index (χ2v) is 3.32. The maximum absolute atomic E-state index is 8.62. The highest BCUT2D eigenvalue weighted by molar-refractivity contribution is 7.99. The summed E-state index contributed by atoms with van der Waals surface area (Å²) in [5, 5.41) is 9.21. The largest absolute Gasteiger partial charge is 0.396 e. The SMILES string of the molecule is CS[C@H](C)[C@@H](C)CO. The van der Waals surface area contributed by atoms with Gasteiger partial charge in [0.15, 0.2) is 0 Å². The minimum Gasteiger partial charge on any atom is -0.396 e. The maximum Gasteiger partial charge on any atom is 0.0467 e. The molecule has 1 N–H and O–H groups in total. The lowest BCUT2D eigenvalue weighted by Gasteiger charge is -2.13. The molecule has 0 saturated carbocycles. The number of aliphatic hydroxyl groups excluding tert-OH is 1. The van der Waals surface area contributed by atoms with Gasteiger partial charge in [-0.25, -0.2) is 0 Å². The van der Waals surface area contributed by atoms with Crippen molar-refractivity contribution in [3.05, 3.63) is 0 Å². The van der Waals surface area contributed by atoms with Crippen molar-refractivity contribution < 1.29 is 5.11 Å². The molecule has 0 aromatic carbocycles. The molecule has 0 aliphatic carbocycles. The molecule has 0 amide bonds. The van der Waals surface area contributed by atoms with Crippen LogP contribution in [-0.4, -0.2) is 23.2 Å². The van der Waals surface area contributed by atoms with Gasteiger partial charge in [-0.05, 0) is 12.2 Å². The van der Waals surface area contributed by atoms with E-state index in [9.17, 15) is 0 Å². The summed E-state index contributed by atoms with van der Waals surface area (Å²) < 4.78 is 0. The van der Waals surface area contributed by atoms with Gasteiger partial charge >= 0.3 is 0 Å². The number of hydrogen-bond donors (Lipinski definition) is 1. The number of rotatable bonds is 3. The van der Waals surface area contributed by atoms with Gasteiger partial charge in [-0.2, -0.15) is 11.8 Å². The number of aliphatic hydroxyl groups is 1. The zero-order valence-corrected chi connectivity index (χ0v) is 6.53. The summed E-state index contributed by atoms with van der Waals surface area (Å²) in [5.41, 5.74) is 0. The fourth-order valence-corrected chi connectivity index (χ4v) is 0.931. The fourth-order valence-electron chi connectivity index (χ4n) is 0.381. The second kappa shape index (κ2) is 4.21. The molecule has 2 heteroatoms. The predicted octanol–water partition coefficient (Wildman–Crippen LogP) is 1.37. The van der Waals surface area contributed by atoms with Crippen molar-refractivity contribution in [3.63, 3.8) is 0 Å². The first-order valence-corrected chi connectivity index (χ1v) is 4.14. The topological polar surface area (TPSA) is 20.2 Å². The third-order valence-electron chi connectivity index (χ3n) is 1.46. The molecule has 0 spiro atoms. The molecule has 0 aromatic rings. The van der Waals surface area contributed by atoms with E-state index in [1.165, 1.54) is 0 Å². The Kier molecular flexibility index (Phi) is 4.38. The van der Waals surface area contributed by atoms with Crippen LogP contribution in [0.4, 0.5) is 0 Å². The molecule has 50 valence electrons. The minimum absolute atomic E-state index is 0.308. The van der Waals surface area contributed by atoms with Crippen LogP contribution in [0.1, 0.15) is 13.8 Å². The lowest BCUT2D eigenvalue weighted by Crippen LogP contribution is -2.13. The monoisotopic (exact) mass is 134 g/mol. The molecule has 0 fully saturated rings. The van der Waals surface area contributed by atoms with Crippen molar-refractivity contribution in [2.45, 2.75) is 19.1 Å². The van der Waals surface area contributed by atoms with Gasteiger partial charge in [-0.1, -0.05) is 13.8 Å². The Morgan fingerprint density at radius 3 is 2.12 bits per heavy atom. The average molecular weight is 134 g/mol. The van der Waals surface area contributed by atoms with E-state index in [0.29, 0.717) is 17.8 Å². The summed E-state index contributed by atoms with van der Waals surface area (Å²) in [5.74, 6) is 0.435. The smallest absolute Gasteiger partial charge is 0.0467 e. The van der Waals surface area contributed by atoms with Gasteiger partial charge in [0.25, 0.3) is 0 Å². The van der Waals surface area contributed by atoms with Gasteiger partial charge in [0.1, 0.15) is 0 Å². The molecule has 0 aliphatic heterocycles. The third-order valence-corrected chi connectivity index (χ3v) is 2.67. The van der Waals surface area contributed by atoms with Crippen LogP contribution in [0.5, 0.6) is 0 Å². The third kappa shape index (κ3) is 2.58. The summed E-state index contributed by atoms with van der Waals surface area (Å²) in [4.78, 5) is 0. The Morgan fingerprint density at radius 2 is 2.00 bits per heavy atom. The lowest BCUT2D eigenvalue weighted by molar-refractivity contribution is 0.237. The maximum atomic E-state index is 8.62. The molecule has 0 heterocycles. The summed E-state index contributed by atoms with van der Waals surface area (Å²) in [6.07, 6.45) is 2.07. The zero-order chi connectivity index (χ0) is 6.57. The quantitative estimate of drug-likeness (QED) is 0.629. The van der Waals surface area contributed by atoms with Crippen LogP contribution in [0.15, 0.2) is 0 Å². The van der Waals surface area contributed by atoms with E-state index in [2.05, 4.69) is 20.1 Å². The summed E-state index contributed by atoms with van der Waals surface area (Å²) in [6.45, 7) is 4.49. The number of thioether (sulfide) groups is 1. The van der Waals surface area contributed by atoms with Crippen molar-refractivity contribution in [1.29, 1.82) is 0 Å². The van der Waals surface area contributed by atoms with E-state index in [4.69, 9.17) is 5.11 Å².